The fourth-order valence-electron chi connectivity index (χ4n) is 2.43. The zero-order valence-electron chi connectivity index (χ0n) is 14.1. The van der Waals surface area contributed by atoms with Gasteiger partial charge in [-0.1, -0.05) is 26.7 Å². The smallest absolute Gasteiger partial charge is 0.130 e. The molecule has 0 amide bonds. The van der Waals surface area contributed by atoms with Crippen LogP contribution in [0.3, 0.4) is 0 Å². The van der Waals surface area contributed by atoms with Gasteiger partial charge in [0.05, 0.1) is 35.4 Å². The lowest BCUT2D eigenvalue weighted by Crippen LogP contribution is -2.05. The van der Waals surface area contributed by atoms with Crippen molar-refractivity contribution in [3.05, 3.63) is 19.3 Å². The Balaban J connectivity index is 2.60. The number of ether oxygens (including phenoxy) is 2. The molecular formula is C18H24I2N2O2. The first-order chi connectivity index (χ1) is 11.5. The number of nitrogen functional groups attached to an aromatic ring is 2. The van der Waals surface area contributed by atoms with E-state index in [1.165, 1.54) is 0 Å². The van der Waals surface area contributed by atoms with E-state index in [0.29, 0.717) is 24.6 Å². The third-order valence-electron chi connectivity index (χ3n) is 3.82. The Kier molecular flexibility index (Phi) is 7.52. The molecule has 4 N–H and O–H groups in total. The lowest BCUT2D eigenvalue weighted by atomic mass is 10.0. The van der Waals surface area contributed by atoms with Gasteiger partial charge in [0, 0.05) is 7.14 Å². The Morgan fingerprint density at radius 3 is 1.50 bits per heavy atom. The second-order valence-electron chi connectivity index (χ2n) is 5.69. The molecule has 0 unspecified atom stereocenters. The van der Waals surface area contributed by atoms with Crippen LogP contribution in [-0.2, 0) is 0 Å². The zero-order valence-corrected chi connectivity index (χ0v) is 18.4. The SMILES string of the molecule is CCCCOc1cc(I)c(N)c2c(OCCCC)cc(I)c(N)c12. The van der Waals surface area contributed by atoms with Crippen molar-refractivity contribution < 1.29 is 9.47 Å². The van der Waals surface area contributed by atoms with Crippen molar-refractivity contribution in [2.24, 2.45) is 0 Å². The summed E-state index contributed by atoms with van der Waals surface area (Å²) in [5.41, 5.74) is 14.1. The van der Waals surface area contributed by atoms with E-state index in [4.69, 9.17) is 20.9 Å². The van der Waals surface area contributed by atoms with Gasteiger partial charge in [-0.05, 0) is 70.2 Å². The molecule has 2 aromatic carbocycles. The van der Waals surface area contributed by atoms with Crippen molar-refractivity contribution in [2.75, 3.05) is 24.7 Å². The number of nitrogens with two attached hydrogens (primary N) is 2. The average molecular weight is 554 g/mol. The molecule has 0 aliphatic carbocycles. The molecule has 4 nitrogen and oxygen atoms in total. The van der Waals surface area contributed by atoms with Crippen molar-refractivity contribution in [1.29, 1.82) is 0 Å². The molecule has 2 rings (SSSR count). The van der Waals surface area contributed by atoms with Gasteiger partial charge in [0.15, 0.2) is 0 Å². The Morgan fingerprint density at radius 2 is 1.17 bits per heavy atom. The number of halogens is 2. The van der Waals surface area contributed by atoms with E-state index < -0.39 is 0 Å². The minimum atomic E-state index is 0.669. The van der Waals surface area contributed by atoms with E-state index in [1.54, 1.807) is 0 Å². The van der Waals surface area contributed by atoms with Crippen LogP contribution in [0.15, 0.2) is 12.1 Å². The summed E-state index contributed by atoms with van der Waals surface area (Å²) in [6.07, 6.45) is 4.18. The maximum absolute atomic E-state index is 6.36. The van der Waals surface area contributed by atoms with Gasteiger partial charge in [-0.15, -0.1) is 0 Å². The molecule has 132 valence electrons. The maximum atomic E-state index is 6.36. The summed E-state index contributed by atoms with van der Waals surface area (Å²) in [5.74, 6) is 1.57. The standard InChI is InChI=1S/C18H24I2N2O2/c1-3-5-7-23-13-9-11(19)18(22)16-14(24-8-6-4-2)10-12(20)17(21)15(13)16/h9-10H,3-8,21-22H2,1-2H3. The monoisotopic (exact) mass is 554 g/mol. The minimum Gasteiger partial charge on any atom is -0.493 e. The second kappa shape index (κ2) is 9.17. The lowest BCUT2D eigenvalue weighted by Gasteiger charge is -2.18. The van der Waals surface area contributed by atoms with Crippen LogP contribution in [0.1, 0.15) is 39.5 Å². The van der Waals surface area contributed by atoms with Crippen LogP contribution in [0.5, 0.6) is 11.5 Å². The van der Waals surface area contributed by atoms with E-state index in [2.05, 4.69) is 59.0 Å². The number of hydrogen-bond acceptors (Lipinski definition) is 4. The van der Waals surface area contributed by atoms with Gasteiger partial charge in [-0.3, -0.25) is 0 Å². The summed E-state index contributed by atoms with van der Waals surface area (Å²) >= 11 is 4.48. The summed E-state index contributed by atoms with van der Waals surface area (Å²) in [5, 5.41) is 1.73. The topological polar surface area (TPSA) is 70.5 Å². The highest BCUT2D eigenvalue weighted by Crippen LogP contribution is 2.44. The fraction of sp³-hybridized carbons (Fsp3) is 0.444. The van der Waals surface area contributed by atoms with Crippen molar-refractivity contribution in [1.82, 2.24) is 0 Å². The molecule has 24 heavy (non-hydrogen) atoms. The van der Waals surface area contributed by atoms with Gasteiger partial charge in [-0.25, -0.2) is 0 Å². The van der Waals surface area contributed by atoms with Gasteiger partial charge in [-0.2, -0.15) is 0 Å². The molecule has 0 fully saturated rings. The van der Waals surface area contributed by atoms with Gasteiger partial charge in [0.2, 0.25) is 0 Å². The third-order valence-corrected chi connectivity index (χ3v) is 5.61. The third kappa shape index (κ3) is 4.30. The molecule has 0 radical (unpaired) electrons. The molecule has 0 spiro atoms. The zero-order chi connectivity index (χ0) is 17.7. The number of unbranched alkanes of at least 4 members (excludes halogenated alkanes) is 2. The Labute approximate surface area is 170 Å². The van der Waals surface area contributed by atoms with Crippen LogP contribution in [0.2, 0.25) is 0 Å². The van der Waals surface area contributed by atoms with Crippen LogP contribution in [0.4, 0.5) is 11.4 Å². The molecule has 0 aliphatic rings. The predicted octanol–water partition coefficient (Wildman–Crippen LogP) is 5.57. The summed E-state index contributed by atoms with van der Waals surface area (Å²) in [6.45, 7) is 5.63. The number of fused-ring (bicyclic) bond motifs is 1. The normalized spacial score (nSPS) is 11.0. The van der Waals surface area contributed by atoms with E-state index in [9.17, 15) is 0 Å². The van der Waals surface area contributed by atoms with Crippen molar-refractivity contribution in [2.45, 2.75) is 39.5 Å². The van der Waals surface area contributed by atoms with Crippen LogP contribution in [0, 0.1) is 7.14 Å². The van der Waals surface area contributed by atoms with Gasteiger partial charge in [0.1, 0.15) is 11.5 Å². The molecule has 0 saturated heterocycles. The van der Waals surface area contributed by atoms with Crippen LogP contribution >= 0.6 is 45.2 Å². The minimum absolute atomic E-state index is 0.669. The quantitative estimate of drug-likeness (QED) is 0.255. The number of anilines is 2. The summed E-state index contributed by atoms with van der Waals surface area (Å²) < 4.78 is 13.9. The molecule has 0 atom stereocenters. The Hall–Kier alpha value is -0.640. The Bertz CT molecular complexity index is 659. The molecule has 0 heterocycles. The fourth-order valence-corrected chi connectivity index (χ4v) is 3.54. The van der Waals surface area contributed by atoms with Crippen molar-refractivity contribution >= 4 is 67.3 Å². The summed E-state index contributed by atoms with van der Waals surface area (Å²) in [7, 11) is 0. The number of benzene rings is 2. The lowest BCUT2D eigenvalue weighted by molar-refractivity contribution is 0.309. The van der Waals surface area contributed by atoms with Crippen LogP contribution in [0.25, 0.3) is 10.8 Å². The number of rotatable bonds is 8. The molecule has 0 aliphatic heterocycles. The first-order valence-corrected chi connectivity index (χ1v) is 10.4. The van der Waals surface area contributed by atoms with Crippen LogP contribution < -0.4 is 20.9 Å². The molecule has 6 heteroatoms. The predicted molar refractivity (Wildman–Crippen MR) is 119 cm³/mol. The highest BCUT2D eigenvalue weighted by molar-refractivity contribution is 14.1. The Morgan fingerprint density at radius 1 is 0.792 bits per heavy atom. The average Bonchev–Trinajstić information content (AvgIpc) is 2.55. The van der Waals surface area contributed by atoms with E-state index in [1.807, 2.05) is 12.1 Å². The summed E-state index contributed by atoms with van der Waals surface area (Å²) in [4.78, 5) is 0. The van der Waals surface area contributed by atoms with Gasteiger partial charge in [0.25, 0.3) is 0 Å². The van der Waals surface area contributed by atoms with E-state index in [0.717, 1.165) is 55.1 Å². The molecular weight excluding hydrogens is 530 g/mol. The van der Waals surface area contributed by atoms with Crippen LogP contribution in [-0.4, -0.2) is 13.2 Å². The molecule has 2 aromatic rings. The summed E-state index contributed by atoms with van der Waals surface area (Å²) in [6, 6.07) is 3.94. The number of hydrogen-bond donors (Lipinski definition) is 2. The van der Waals surface area contributed by atoms with Gasteiger partial charge >= 0.3 is 0 Å². The van der Waals surface area contributed by atoms with Crippen molar-refractivity contribution in [3.8, 4) is 11.5 Å². The highest BCUT2D eigenvalue weighted by Gasteiger charge is 2.19. The second-order valence-corrected chi connectivity index (χ2v) is 8.02. The van der Waals surface area contributed by atoms with E-state index >= 15 is 0 Å². The first-order valence-electron chi connectivity index (χ1n) is 8.26. The molecule has 0 bridgehead atoms. The molecule has 0 saturated carbocycles. The largest absolute Gasteiger partial charge is 0.493 e. The first kappa shape index (κ1) is 19.7. The van der Waals surface area contributed by atoms with Crippen molar-refractivity contribution in [3.63, 3.8) is 0 Å². The van der Waals surface area contributed by atoms with Gasteiger partial charge < -0.3 is 20.9 Å². The highest BCUT2D eigenvalue weighted by atomic mass is 127. The maximum Gasteiger partial charge on any atom is 0.130 e. The molecule has 0 aromatic heterocycles. The van der Waals surface area contributed by atoms with E-state index in [-0.39, 0.29) is 0 Å².